The third-order valence-corrected chi connectivity index (χ3v) is 4.00. The maximum atomic E-state index is 13.3. The Balaban J connectivity index is 1.73. The van der Waals surface area contributed by atoms with Gasteiger partial charge in [0.2, 0.25) is 5.88 Å². The Kier molecular flexibility index (Phi) is 4.34. The molecule has 3 heterocycles. The first-order chi connectivity index (χ1) is 13.8. The molecule has 0 aliphatic heterocycles. The molecule has 0 unspecified atom stereocenters. The van der Waals surface area contributed by atoms with Crippen LogP contribution in [0.4, 0.5) is 18.9 Å². The van der Waals surface area contributed by atoms with Crippen LogP contribution in [-0.2, 0) is 6.18 Å². The number of benzene rings is 1. The summed E-state index contributed by atoms with van der Waals surface area (Å²) in [4.78, 5) is 23.9. The predicted molar refractivity (Wildman–Crippen MR) is 95.1 cm³/mol. The van der Waals surface area contributed by atoms with E-state index in [4.69, 9.17) is 5.11 Å². The second kappa shape index (κ2) is 6.86. The largest absolute Gasteiger partial charge is 0.492 e. The molecule has 0 aliphatic carbocycles. The van der Waals surface area contributed by atoms with Gasteiger partial charge in [0.25, 0.3) is 5.91 Å². The molecule has 29 heavy (non-hydrogen) atoms. The van der Waals surface area contributed by atoms with Gasteiger partial charge >= 0.3 is 6.18 Å². The van der Waals surface area contributed by atoms with Crippen LogP contribution in [0, 0.1) is 0 Å². The van der Waals surface area contributed by atoms with Gasteiger partial charge in [0.05, 0.1) is 29.8 Å². The highest BCUT2D eigenvalue weighted by atomic mass is 19.4. The lowest BCUT2D eigenvalue weighted by molar-refractivity contribution is -0.137. The summed E-state index contributed by atoms with van der Waals surface area (Å²) in [5.74, 6) is -0.984. The van der Waals surface area contributed by atoms with Crippen LogP contribution in [0.3, 0.4) is 0 Å². The lowest BCUT2D eigenvalue weighted by atomic mass is 10.0. The van der Waals surface area contributed by atoms with Crippen molar-refractivity contribution in [1.82, 2.24) is 24.6 Å². The fraction of sp³-hybridized carbons (Fsp3) is 0.0556. The highest BCUT2D eigenvalue weighted by molar-refractivity contribution is 6.04. The van der Waals surface area contributed by atoms with Gasteiger partial charge < -0.3 is 10.4 Å². The molecule has 4 aromatic rings. The van der Waals surface area contributed by atoms with E-state index in [1.807, 2.05) is 0 Å². The smallest absolute Gasteiger partial charge is 0.417 e. The van der Waals surface area contributed by atoms with E-state index < -0.39 is 17.6 Å². The summed E-state index contributed by atoms with van der Waals surface area (Å²) in [5, 5.41) is 15.7. The van der Waals surface area contributed by atoms with Crippen LogP contribution < -0.4 is 5.32 Å². The van der Waals surface area contributed by atoms with Crippen molar-refractivity contribution >= 4 is 17.2 Å². The van der Waals surface area contributed by atoms with Crippen molar-refractivity contribution < 1.29 is 23.1 Å². The quantitative estimate of drug-likeness (QED) is 0.547. The number of fused-ring (bicyclic) bond motifs is 1. The van der Waals surface area contributed by atoms with E-state index in [0.29, 0.717) is 0 Å². The minimum Gasteiger partial charge on any atom is -0.492 e. The molecular weight excluding hydrogens is 389 g/mol. The molecule has 0 saturated heterocycles. The van der Waals surface area contributed by atoms with Crippen molar-refractivity contribution in [3.05, 3.63) is 66.4 Å². The normalized spacial score (nSPS) is 11.6. The molecule has 146 valence electrons. The fourth-order valence-electron chi connectivity index (χ4n) is 2.69. The van der Waals surface area contributed by atoms with E-state index in [9.17, 15) is 18.0 Å². The van der Waals surface area contributed by atoms with Gasteiger partial charge in [-0.3, -0.25) is 4.79 Å². The Morgan fingerprint density at radius 1 is 1.07 bits per heavy atom. The first-order valence-electron chi connectivity index (χ1n) is 8.16. The lowest BCUT2D eigenvalue weighted by Gasteiger charge is -2.12. The van der Waals surface area contributed by atoms with Gasteiger partial charge in [-0.05, 0) is 12.1 Å². The summed E-state index contributed by atoms with van der Waals surface area (Å²) in [5.41, 5.74) is -0.575. The molecule has 3 aromatic heterocycles. The van der Waals surface area contributed by atoms with E-state index in [1.165, 1.54) is 41.2 Å². The predicted octanol–water partition coefficient (Wildman–Crippen LogP) is 3.16. The summed E-state index contributed by atoms with van der Waals surface area (Å²) in [6.07, 6.45) is 0.303. The Morgan fingerprint density at radius 3 is 2.59 bits per heavy atom. The lowest BCUT2D eigenvalue weighted by Crippen LogP contribution is -2.14. The number of nitrogens with one attached hydrogen (secondary N) is 1. The number of hydrogen-bond donors (Lipinski definition) is 2. The molecule has 0 aliphatic rings. The number of aromatic hydroxyl groups is 1. The van der Waals surface area contributed by atoms with Gasteiger partial charge in [0.15, 0.2) is 5.65 Å². The Hall–Kier alpha value is -4.02. The maximum absolute atomic E-state index is 13.3. The number of carbonyl (C=O) groups is 1. The van der Waals surface area contributed by atoms with Gasteiger partial charge in [0, 0.05) is 11.8 Å². The summed E-state index contributed by atoms with van der Waals surface area (Å²) in [7, 11) is 0. The molecule has 0 radical (unpaired) electrons. The van der Waals surface area contributed by atoms with Crippen molar-refractivity contribution in [1.29, 1.82) is 0 Å². The molecule has 4 rings (SSSR count). The summed E-state index contributed by atoms with van der Waals surface area (Å²) in [6.45, 7) is 0. The number of amides is 1. The van der Waals surface area contributed by atoms with Gasteiger partial charge in [-0.2, -0.15) is 18.3 Å². The van der Waals surface area contributed by atoms with Crippen LogP contribution in [0.2, 0.25) is 0 Å². The zero-order chi connectivity index (χ0) is 20.6. The van der Waals surface area contributed by atoms with Crippen LogP contribution in [0.5, 0.6) is 5.88 Å². The topological polar surface area (TPSA) is 105 Å². The number of carbonyl (C=O) groups excluding carboxylic acids is 1. The maximum Gasteiger partial charge on any atom is 0.417 e. The number of nitrogens with zero attached hydrogens (tertiary/aromatic N) is 5. The second-order valence-electron chi connectivity index (χ2n) is 5.90. The summed E-state index contributed by atoms with van der Waals surface area (Å²) in [6, 6.07) is 6.49. The molecule has 0 fully saturated rings. The first kappa shape index (κ1) is 18.3. The average Bonchev–Trinajstić information content (AvgIpc) is 3.10. The van der Waals surface area contributed by atoms with Crippen molar-refractivity contribution in [3.63, 3.8) is 0 Å². The van der Waals surface area contributed by atoms with Crippen LogP contribution in [0.1, 0.15) is 16.1 Å². The Morgan fingerprint density at radius 2 is 1.86 bits per heavy atom. The summed E-state index contributed by atoms with van der Waals surface area (Å²) >= 11 is 0. The minimum atomic E-state index is -4.54. The molecule has 0 atom stereocenters. The summed E-state index contributed by atoms with van der Waals surface area (Å²) < 4.78 is 41.3. The Bertz CT molecular complexity index is 1200. The monoisotopic (exact) mass is 400 g/mol. The standard InChI is InChI=1S/C18H11F3N6O2/c19-18(20,21)11-4-2-1-3-10(11)12-5-6-27-16(25-12)13(8-24-27)26-17(29)14-7-23-15(28)9-22-14/h1-9H,(H,23,28)(H,26,29). The van der Waals surface area contributed by atoms with E-state index in [2.05, 4.69) is 25.4 Å². The van der Waals surface area contributed by atoms with Gasteiger partial charge in [0.1, 0.15) is 11.4 Å². The van der Waals surface area contributed by atoms with Crippen molar-refractivity contribution in [3.8, 4) is 17.1 Å². The van der Waals surface area contributed by atoms with Crippen LogP contribution in [-0.4, -0.2) is 35.6 Å². The number of anilines is 1. The highest BCUT2D eigenvalue weighted by Crippen LogP contribution is 2.36. The van der Waals surface area contributed by atoms with Crippen molar-refractivity contribution in [2.75, 3.05) is 5.32 Å². The fourth-order valence-corrected chi connectivity index (χ4v) is 2.69. The molecule has 0 saturated carbocycles. The molecule has 2 N–H and O–H groups in total. The molecule has 1 aromatic carbocycles. The van der Waals surface area contributed by atoms with E-state index in [0.717, 1.165) is 18.5 Å². The molecule has 11 heteroatoms. The molecular formula is C18H11F3N6O2. The van der Waals surface area contributed by atoms with Crippen molar-refractivity contribution in [2.45, 2.75) is 6.18 Å². The SMILES string of the molecule is O=C(Nc1cnn2ccc(-c3ccccc3C(F)(F)F)nc12)c1cnc(O)cn1. The molecule has 0 bridgehead atoms. The minimum absolute atomic E-state index is 0.0688. The Labute approximate surface area is 160 Å². The number of aromatic nitrogens is 5. The number of halogens is 3. The van der Waals surface area contributed by atoms with Crippen LogP contribution in [0.15, 0.2) is 55.1 Å². The first-order valence-corrected chi connectivity index (χ1v) is 8.16. The number of alkyl halides is 3. The van der Waals surface area contributed by atoms with E-state index in [1.54, 1.807) is 0 Å². The zero-order valence-corrected chi connectivity index (χ0v) is 14.4. The third-order valence-electron chi connectivity index (χ3n) is 4.00. The third kappa shape index (κ3) is 3.57. The highest BCUT2D eigenvalue weighted by Gasteiger charge is 2.33. The van der Waals surface area contributed by atoms with E-state index in [-0.39, 0.29) is 34.2 Å². The van der Waals surface area contributed by atoms with E-state index >= 15 is 0 Å². The van der Waals surface area contributed by atoms with Crippen molar-refractivity contribution in [2.24, 2.45) is 0 Å². The van der Waals surface area contributed by atoms with Gasteiger partial charge in [-0.25, -0.2) is 19.5 Å². The second-order valence-corrected chi connectivity index (χ2v) is 5.90. The zero-order valence-electron chi connectivity index (χ0n) is 14.4. The van der Waals surface area contributed by atoms with Gasteiger partial charge in [-0.1, -0.05) is 18.2 Å². The molecule has 0 spiro atoms. The molecule has 1 amide bonds. The molecule has 8 nitrogen and oxygen atoms in total. The number of hydrogen-bond acceptors (Lipinski definition) is 6. The number of rotatable bonds is 3. The van der Waals surface area contributed by atoms with Crippen LogP contribution >= 0.6 is 0 Å². The average molecular weight is 400 g/mol. The van der Waals surface area contributed by atoms with Crippen LogP contribution in [0.25, 0.3) is 16.9 Å². The van der Waals surface area contributed by atoms with Gasteiger partial charge in [-0.15, -0.1) is 0 Å².